The van der Waals surface area contributed by atoms with Gasteiger partial charge >= 0.3 is 0 Å². The van der Waals surface area contributed by atoms with Gasteiger partial charge in [-0.2, -0.15) is 9.83 Å². The monoisotopic (exact) mass is 409 g/mol. The van der Waals surface area contributed by atoms with E-state index in [1.165, 1.54) is 12.1 Å². The second kappa shape index (κ2) is 7.17. The minimum atomic E-state index is -1.29. The summed E-state index contributed by atoms with van der Waals surface area (Å²) in [5.74, 6) is -0.475. The van der Waals surface area contributed by atoms with E-state index >= 15 is 0 Å². The van der Waals surface area contributed by atoms with Crippen molar-refractivity contribution in [3.63, 3.8) is 0 Å². The van der Waals surface area contributed by atoms with Gasteiger partial charge in [-0.25, -0.2) is 0 Å². The smallest absolute Gasteiger partial charge is 0.269 e. The number of nitrogens with zero attached hydrogens (tertiary/aromatic N) is 3. The fraction of sp³-hybridized carbons (Fsp3) is 0.333. The average Bonchev–Trinajstić information content (AvgIpc) is 3.54. The summed E-state index contributed by atoms with van der Waals surface area (Å²) in [7, 11) is 0. The Hall–Kier alpha value is -2.89. The van der Waals surface area contributed by atoms with E-state index in [-0.39, 0.29) is 11.6 Å². The zero-order chi connectivity index (χ0) is 20.8. The van der Waals surface area contributed by atoms with Crippen LogP contribution in [0.3, 0.4) is 0 Å². The number of aliphatic hydroxyl groups is 1. The summed E-state index contributed by atoms with van der Waals surface area (Å²) in [6.07, 6.45) is 5.54. The molecule has 1 fully saturated rings. The van der Waals surface area contributed by atoms with Gasteiger partial charge in [0.2, 0.25) is 11.8 Å². The highest BCUT2D eigenvalue weighted by Gasteiger charge is 2.60. The van der Waals surface area contributed by atoms with E-state index in [4.69, 9.17) is 0 Å². The third kappa shape index (κ3) is 3.37. The van der Waals surface area contributed by atoms with Crippen LogP contribution in [0.5, 0.6) is 0 Å². The first-order valence-corrected chi connectivity index (χ1v) is 9.85. The van der Waals surface area contributed by atoms with Crippen LogP contribution in [0.1, 0.15) is 35.9 Å². The van der Waals surface area contributed by atoms with E-state index < -0.39 is 22.6 Å². The van der Waals surface area contributed by atoms with Crippen LogP contribution in [0.4, 0.5) is 5.69 Å². The van der Waals surface area contributed by atoms with Gasteiger partial charge in [-0.3, -0.25) is 10.1 Å². The SMILES string of the molecule is Cc1cc[n+](C2C(c3ccc([N+](=O)[O-])cc3)C(C#N)=C(S)NC2(O)C2CC2)cc1. The van der Waals surface area contributed by atoms with E-state index in [2.05, 4.69) is 24.0 Å². The second-order valence-corrected chi connectivity index (χ2v) is 8.14. The van der Waals surface area contributed by atoms with Crippen LogP contribution in [0.2, 0.25) is 0 Å². The molecule has 0 spiro atoms. The molecule has 3 atom stereocenters. The van der Waals surface area contributed by atoms with Gasteiger partial charge in [0.15, 0.2) is 12.4 Å². The highest BCUT2D eigenvalue weighted by molar-refractivity contribution is 7.84. The van der Waals surface area contributed by atoms with Crippen molar-refractivity contribution >= 4 is 18.3 Å². The standard InChI is InChI=1S/C21H20N4O3S/c1-13-8-10-24(11-9-13)19-18(14-2-6-16(7-3-14)25(27)28)17(12-22)20(29)23-21(19,26)15-4-5-15/h2-3,6-11,15,18-19,23,26H,4-5H2,1H3/p+1. The summed E-state index contributed by atoms with van der Waals surface area (Å²) < 4.78 is 1.92. The highest BCUT2D eigenvalue weighted by atomic mass is 32.1. The number of benzene rings is 1. The Morgan fingerprint density at radius 1 is 1.28 bits per heavy atom. The van der Waals surface area contributed by atoms with Crippen molar-refractivity contribution in [2.45, 2.75) is 37.5 Å². The molecule has 1 aromatic heterocycles. The zero-order valence-electron chi connectivity index (χ0n) is 15.8. The van der Waals surface area contributed by atoms with Gasteiger partial charge in [0.05, 0.1) is 27.5 Å². The summed E-state index contributed by atoms with van der Waals surface area (Å²) >= 11 is 4.47. The minimum Gasteiger partial charge on any atom is -0.365 e. The lowest BCUT2D eigenvalue weighted by Gasteiger charge is -2.42. The summed E-state index contributed by atoms with van der Waals surface area (Å²) in [6.45, 7) is 1.98. The Kier molecular flexibility index (Phi) is 4.81. The molecule has 1 aromatic carbocycles. The van der Waals surface area contributed by atoms with Crippen LogP contribution in [-0.2, 0) is 0 Å². The van der Waals surface area contributed by atoms with E-state index in [9.17, 15) is 20.5 Å². The number of non-ortho nitro benzene ring substituents is 1. The number of aromatic nitrogens is 1. The number of allylic oxidation sites excluding steroid dienone is 1. The van der Waals surface area contributed by atoms with Gasteiger partial charge < -0.3 is 10.4 Å². The Labute approximate surface area is 173 Å². The highest BCUT2D eigenvalue weighted by Crippen LogP contribution is 2.52. The van der Waals surface area contributed by atoms with Gasteiger partial charge in [0, 0.05) is 30.2 Å². The lowest BCUT2D eigenvalue weighted by Crippen LogP contribution is -2.65. The molecular weight excluding hydrogens is 388 g/mol. The lowest BCUT2D eigenvalue weighted by molar-refractivity contribution is -0.742. The number of hydrogen-bond acceptors (Lipinski definition) is 6. The molecule has 2 heterocycles. The predicted molar refractivity (Wildman–Crippen MR) is 109 cm³/mol. The Bertz CT molecular complexity index is 1030. The van der Waals surface area contributed by atoms with E-state index in [1.54, 1.807) is 12.1 Å². The lowest BCUT2D eigenvalue weighted by atomic mass is 9.76. The number of nitriles is 1. The van der Waals surface area contributed by atoms with Crippen molar-refractivity contribution in [3.05, 3.63) is 80.6 Å². The number of nitro groups is 1. The Balaban J connectivity index is 1.90. The van der Waals surface area contributed by atoms with Crippen LogP contribution in [0.25, 0.3) is 0 Å². The van der Waals surface area contributed by atoms with Gasteiger partial charge in [0.1, 0.15) is 0 Å². The Morgan fingerprint density at radius 2 is 1.90 bits per heavy atom. The number of thiol groups is 1. The van der Waals surface area contributed by atoms with Gasteiger partial charge in [0.25, 0.3) is 5.69 Å². The molecule has 1 aliphatic carbocycles. The maximum atomic E-state index is 11.7. The maximum absolute atomic E-state index is 11.7. The quantitative estimate of drug-likeness (QED) is 0.312. The molecule has 8 heteroatoms. The number of aryl methyl sites for hydroxylation is 1. The van der Waals surface area contributed by atoms with Crippen molar-refractivity contribution in [2.75, 3.05) is 0 Å². The third-order valence-corrected chi connectivity index (χ3v) is 6.13. The molecule has 1 saturated carbocycles. The number of rotatable bonds is 4. The molecule has 4 rings (SSSR count). The first-order valence-electron chi connectivity index (χ1n) is 9.40. The number of pyridine rings is 1. The summed E-state index contributed by atoms with van der Waals surface area (Å²) in [5, 5.41) is 36.1. The van der Waals surface area contributed by atoms with Crippen molar-refractivity contribution < 1.29 is 14.6 Å². The van der Waals surface area contributed by atoms with E-state index in [1.807, 2.05) is 36.0 Å². The zero-order valence-corrected chi connectivity index (χ0v) is 16.7. The summed E-state index contributed by atoms with van der Waals surface area (Å²) in [5.41, 5.74) is 0.887. The maximum Gasteiger partial charge on any atom is 0.269 e. The van der Waals surface area contributed by atoms with Gasteiger partial charge in [-0.1, -0.05) is 12.1 Å². The normalized spacial score (nSPS) is 26.6. The van der Waals surface area contributed by atoms with Crippen molar-refractivity contribution in [1.29, 1.82) is 5.26 Å². The number of nitro benzene ring substituents is 1. The van der Waals surface area contributed by atoms with Crippen LogP contribution in [0, 0.1) is 34.3 Å². The third-order valence-electron chi connectivity index (χ3n) is 5.77. The van der Waals surface area contributed by atoms with Gasteiger partial charge in [-0.05, 0) is 30.9 Å². The summed E-state index contributed by atoms with van der Waals surface area (Å²) in [6, 6.07) is 11.8. The first-order chi connectivity index (χ1) is 13.8. The molecule has 0 radical (unpaired) electrons. The fourth-order valence-electron chi connectivity index (χ4n) is 4.13. The van der Waals surface area contributed by atoms with E-state index in [0.717, 1.165) is 24.0 Å². The summed E-state index contributed by atoms with van der Waals surface area (Å²) in [4.78, 5) is 10.6. The molecule has 2 aromatic rings. The predicted octanol–water partition coefficient (Wildman–Crippen LogP) is 2.88. The van der Waals surface area contributed by atoms with Crippen molar-refractivity contribution in [2.24, 2.45) is 5.92 Å². The molecular formula is C21H21N4O3S+. The molecule has 3 unspecified atom stereocenters. The second-order valence-electron chi connectivity index (χ2n) is 7.69. The topological polar surface area (TPSA) is 103 Å². The first kappa shape index (κ1) is 19.4. The molecule has 0 bridgehead atoms. The molecule has 7 nitrogen and oxygen atoms in total. The molecule has 1 aliphatic heterocycles. The largest absolute Gasteiger partial charge is 0.365 e. The van der Waals surface area contributed by atoms with E-state index in [0.29, 0.717) is 10.6 Å². The van der Waals surface area contributed by atoms with Crippen molar-refractivity contribution in [1.82, 2.24) is 5.32 Å². The molecule has 29 heavy (non-hydrogen) atoms. The Morgan fingerprint density at radius 3 is 2.41 bits per heavy atom. The fourth-order valence-corrected chi connectivity index (χ4v) is 4.50. The molecule has 148 valence electrons. The van der Waals surface area contributed by atoms with Crippen LogP contribution in [0.15, 0.2) is 59.4 Å². The molecule has 2 aliphatic rings. The van der Waals surface area contributed by atoms with Crippen LogP contribution >= 0.6 is 12.6 Å². The van der Waals surface area contributed by atoms with Crippen LogP contribution < -0.4 is 9.88 Å². The number of nitrogens with one attached hydrogen (secondary N) is 1. The van der Waals surface area contributed by atoms with Crippen molar-refractivity contribution in [3.8, 4) is 6.07 Å². The molecule has 0 saturated heterocycles. The molecule has 2 N–H and O–H groups in total. The molecule has 0 amide bonds. The number of hydrogen-bond donors (Lipinski definition) is 3. The van der Waals surface area contributed by atoms with Crippen LogP contribution in [-0.4, -0.2) is 15.8 Å². The van der Waals surface area contributed by atoms with Gasteiger partial charge in [-0.15, -0.1) is 12.6 Å². The minimum absolute atomic E-state index is 0.0201. The average molecular weight is 409 g/mol.